The van der Waals surface area contributed by atoms with Crippen LogP contribution in [0.2, 0.25) is 0 Å². The van der Waals surface area contributed by atoms with Crippen molar-refractivity contribution in [3.63, 3.8) is 0 Å². The monoisotopic (exact) mass is 764 g/mol. The van der Waals surface area contributed by atoms with Gasteiger partial charge in [-0.25, -0.2) is 0 Å². The van der Waals surface area contributed by atoms with E-state index in [1.165, 1.54) is 0 Å². The first kappa shape index (κ1) is 40.5. The minimum absolute atomic E-state index is 0.0307. The average molecular weight is 765 g/mol. The molecule has 0 radical (unpaired) electrons. The summed E-state index contributed by atoms with van der Waals surface area (Å²) in [6.07, 6.45) is -4.56. The zero-order chi connectivity index (χ0) is 39.5. The van der Waals surface area contributed by atoms with Gasteiger partial charge in [0.25, 0.3) is 0 Å². The number of hydrogen-bond donors (Lipinski definition) is 7. The van der Waals surface area contributed by atoms with Crippen LogP contribution in [-0.2, 0) is 28.5 Å². The molecule has 0 spiro atoms. The number of carbonyl (C=O) groups is 2. The molecule has 5 aliphatic carbocycles. The number of aliphatic carboxylic acids is 2. The summed E-state index contributed by atoms with van der Waals surface area (Å²) in [6.45, 7) is 14.5. The van der Waals surface area contributed by atoms with Gasteiger partial charge in [-0.2, -0.15) is 0 Å². The molecule has 0 amide bonds. The van der Waals surface area contributed by atoms with E-state index in [-0.39, 0.29) is 41.8 Å². The number of aliphatic hydroxyl groups excluding tert-OH is 5. The maximum Gasteiger partial charge on any atom is 0.314 e. The van der Waals surface area contributed by atoms with Crippen molar-refractivity contribution in [3.8, 4) is 0 Å². The molecule has 4 saturated carbocycles. The van der Waals surface area contributed by atoms with E-state index in [4.69, 9.17) is 18.9 Å². The Hall–Kier alpha value is -1.68. The standard InChI is InChI=1S/C41H64O13/c1-19-10-15-40(35(47)48)16-17-41(36(49)50)22(27(40)20(19)2)8-9-25-38(6)13-12-26(37(4,5)24(38)11-14-39(25,41)7)53-34-32(30(45)28(43)21(3)52-34)54-33-31(46)29(44)23(42)18-51-33/h8,19-21,23-34,42-46H,9-18H2,1-7H3,(H,47,48)(H,49,50). The van der Waals surface area contributed by atoms with Crippen LogP contribution in [0.15, 0.2) is 11.6 Å². The molecule has 0 aromatic heterocycles. The molecule has 306 valence electrons. The Morgan fingerprint density at radius 1 is 0.759 bits per heavy atom. The Labute approximate surface area is 318 Å². The molecule has 2 aliphatic heterocycles. The number of carboxylic acid groups (broad SMARTS) is 2. The smallest absolute Gasteiger partial charge is 0.314 e. The van der Waals surface area contributed by atoms with E-state index < -0.39 is 88.9 Å². The first-order valence-electron chi connectivity index (χ1n) is 20.3. The summed E-state index contributed by atoms with van der Waals surface area (Å²) in [4.78, 5) is 27.1. The number of rotatable bonds is 6. The Kier molecular flexibility index (Phi) is 10.3. The maximum absolute atomic E-state index is 14.0. The second kappa shape index (κ2) is 13.7. The van der Waals surface area contributed by atoms with Gasteiger partial charge >= 0.3 is 11.9 Å². The largest absolute Gasteiger partial charge is 0.481 e. The number of aliphatic hydroxyl groups is 5. The highest BCUT2D eigenvalue weighted by Crippen LogP contribution is 2.76. The normalized spacial score (nSPS) is 54.2. The molecule has 2 heterocycles. The Morgan fingerprint density at radius 3 is 2.13 bits per heavy atom. The van der Waals surface area contributed by atoms with Crippen molar-refractivity contribution in [1.29, 1.82) is 0 Å². The lowest BCUT2D eigenvalue weighted by molar-refractivity contribution is -0.367. The first-order chi connectivity index (χ1) is 25.2. The lowest BCUT2D eigenvalue weighted by atomic mass is 9.33. The van der Waals surface area contributed by atoms with Crippen molar-refractivity contribution >= 4 is 11.9 Å². The minimum Gasteiger partial charge on any atom is -0.481 e. The first-order valence-corrected chi connectivity index (χ1v) is 20.3. The van der Waals surface area contributed by atoms with E-state index in [0.717, 1.165) is 24.8 Å². The number of carboxylic acids is 2. The molecule has 0 aromatic carbocycles. The van der Waals surface area contributed by atoms with Gasteiger partial charge in [-0.1, -0.05) is 53.2 Å². The molecule has 7 rings (SSSR count). The third kappa shape index (κ3) is 5.56. The Balaban J connectivity index is 1.18. The van der Waals surface area contributed by atoms with Crippen LogP contribution in [0.25, 0.3) is 0 Å². The zero-order valence-corrected chi connectivity index (χ0v) is 32.9. The molecule has 54 heavy (non-hydrogen) atoms. The van der Waals surface area contributed by atoms with Crippen molar-refractivity contribution in [2.24, 2.45) is 56.7 Å². The summed E-state index contributed by atoms with van der Waals surface area (Å²) >= 11 is 0. The van der Waals surface area contributed by atoms with Crippen molar-refractivity contribution in [2.45, 2.75) is 168 Å². The van der Waals surface area contributed by atoms with E-state index in [9.17, 15) is 45.3 Å². The lowest BCUT2D eigenvalue weighted by Gasteiger charge is -2.70. The fourth-order valence-corrected chi connectivity index (χ4v) is 13.7. The van der Waals surface area contributed by atoms with Crippen LogP contribution in [0, 0.1) is 56.7 Å². The topological polar surface area (TPSA) is 213 Å². The molecule has 19 unspecified atom stereocenters. The summed E-state index contributed by atoms with van der Waals surface area (Å²) in [5.74, 6) is -1.43. The van der Waals surface area contributed by atoms with Crippen LogP contribution < -0.4 is 0 Å². The number of fused-ring (bicyclic) bond motifs is 7. The van der Waals surface area contributed by atoms with Gasteiger partial charge in [0, 0.05) is 0 Å². The fraction of sp³-hybridized carbons (Fsp3) is 0.902. The maximum atomic E-state index is 14.0. The lowest BCUT2D eigenvalue weighted by Crippen LogP contribution is -2.68. The van der Waals surface area contributed by atoms with Crippen LogP contribution in [0.5, 0.6) is 0 Å². The molecule has 6 fully saturated rings. The van der Waals surface area contributed by atoms with Gasteiger partial charge in [0.15, 0.2) is 12.6 Å². The summed E-state index contributed by atoms with van der Waals surface area (Å²) in [6, 6.07) is 0. The van der Waals surface area contributed by atoms with E-state index in [1.54, 1.807) is 6.92 Å². The summed E-state index contributed by atoms with van der Waals surface area (Å²) in [5, 5.41) is 74.9. The van der Waals surface area contributed by atoms with Gasteiger partial charge < -0.3 is 54.7 Å². The zero-order valence-electron chi connectivity index (χ0n) is 32.9. The summed E-state index contributed by atoms with van der Waals surface area (Å²) in [5.41, 5.74) is -2.54. The van der Waals surface area contributed by atoms with Crippen molar-refractivity contribution in [3.05, 3.63) is 11.6 Å². The SMILES string of the molecule is CC1CCC2(C(=O)O)CCC3(C(=O)O)C(=CCC4C5(C)CCC(OC6OC(C)C(O)C(O)C6OC6OCC(O)C(O)C6O)C(C)(C)C5CCC43C)C2C1C. The summed E-state index contributed by atoms with van der Waals surface area (Å²) in [7, 11) is 0. The number of ether oxygens (including phenoxy) is 4. The van der Waals surface area contributed by atoms with Crippen LogP contribution >= 0.6 is 0 Å². The van der Waals surface area contributed by atoms with E-state index in [1.807, 2.05) is 0 Å². The summed E-state index contributed by atoms with van der Waals surface area (Å²) < 4.78 is 24.3. The molecule has 19 atom stereocenters. The van der Waals surface area contributed by atoms with E-state index in [0.29, 0.717) is 44.4 Å². The molecular weight excluding hydrogens is 700 g/mol. The molecule has 7 aliphatic rings. The van der Waals surface area contributed by atoms with Gasteiger partial charge in [-0.05, 0) is 111 Å². The molecule has 0 aromatic rings. The molecule has 7 N–H and O–H groups in total. The predicted molar refractivity (Wildman–Crippen MR) is 192 cm³/mol. The molecular formula is C41H64O13. The van der Waals surface area contributed by atoms with E-state index in [2.05, 4.69) is 47.6 Å². The van der Waals surface area contributed by atoms with E-state index >= 15 is 0 Å². The van der Waals surface area contributed by atoms with Crippen LogP contribution in [0.1, 0.15) is 106 Å². The van der Waals surface area contributed by atoms with Gasteiger partial charge in [-0.3, -0.25) is 9.59 Å². The van der Waals surface area contributed by atoms with Gasteiger partial charge in [0.05, 0.1) is 29.6 Å². The average Bonchev–Trinajstić information content (AvgIpc) is 3.10. The van der Waals surface area contributed by atoms with Crippen molar-refractivity contribution in [1.82, 2.24) is 0 Å². The highest BCUT2D eigenvalue weighted by Gasteiger charge is 2.73. The molecule has 0 bridgehead atoms. The number of hydrogen-bond acceptors (Lipinski definition) is 11. The second-order valence-electron chi connectivity index (χ2n) is 19.5. The van der Waals surface area contributed by atoms with Crippen LogP contribution in [-0.4, -0.2) is 116 Å². The van der Waals surface area contributed by atoms with Gasteiger partial charge in [0.1, 0.15) is 36.6 Å². The minimum atomic E-state index is -1.62. The van der Waals surface area contributed by atoms with Crippen molar-refractivity contribution in [2.75, 3.05) is 6.61 Å². The van der Waals surface area contributed by atoms with Gasteiger partial charge in [-0.15, -0.1) is 0 Å². The third-order valence-corrected chi connectivity index (χ3v) is 17.0. The predicted octanol–water partition coefficient (Wildman–Crippen LogP) is 3.47. The fourth-order valence-electron chi connectivity index (χ4n) is 13.7. The number of allylic oxidation sites excluding steroid dienone is 1. The molecule has 13 heteroatoms. The highest BCUT2D eigenvalue weighted by atomic mass is 16.8. The third-order valence-electron chi connectivity index (χ3n) is 17.0. The molecule has 13 nitrogen and oxygen atoms in total. The highest BCUT2D eigenvalue weighted by molar-refractivity contribution is 5.84. The van der Waals surface area contributed by atoms with Gasteiger partial charge in [0.2, 0.25) is 0 Å². The van der Waals surface area contributed by atoms with Crippen molar-refractivity contribution < 1.29 is 64.3 Å². The van der Waals surface area contributed by atoms with Crippen LogP contribution in [0.3, 0.4) is 0 Å². The Morgan fingerprint density at radius 2 is 1.46 bits per heavy atom. The quantitative estimate of drug-likeness (QED) is 0.153. The second-order valence-corrected chi connectivity index (χ2v) is 19.5. The molecule has 2 saturated heterocycles. The Bertz CT molecular complexity index is 1500. The van der Waals surface area contributed by atoms with Crippen LogP contribution in [0.4, 0.5) is 0 Å².